The molecule has 1 fully saturated rings. The van der Waals surface area contributed by atoms with Crippen LogP contribution in [0.15, 0.2) is 12.4 Å². The second-order valence-electron chi connectivity index (χ2n) is 5.88. The minimum absolute atomic E-state index is 0.196. The second kappa shape index (κ2) is 7.20. The summed E-state index contributed by atoms with van der Waals surface area (Å²) in [4.78, 5) is 2.49. The first-order chi connectivity index (χ1) is 9.61. The molecule has 1 aromatic rings. The van der Waals surface area contributed by atoms with E-state index in [0.29, 0.717) is 6.04 Å². The minimum Gasteiger partial charge on any atom is -0.374 e. The number of rotatable bonds is 6. The van der Waals surface area contributed by atoms with E-state index in [2.05, 4.69) is 42.3 Å². The van der Waals surface area contributed by atoms with Crippen LogP contribution < -0.4 is 5.32 Å². The zero-order valence-electron chi connectivity index (χ0n) is 13.2. The third-order valence-corrected chi connectivity index (χ3v) is 3.93. The highest BCUT2D eigenvalue weighted by molar-refractivity contribution is 5.13. The average molecular weight is 280 g/mol. The Bertz CT molecular complexity index is 404. The van der Waals surface area contributed by atoms with Crippen LogP contribution >= 0.6 is 0 Å². The molecule has 0 aromatic carbocycles. The monoisotopic (exact) mass is 280 g/mol. The van der Waals surface area contributed by atoms with E-state index in [1.165, 1.54) is 5.56 Å². The van der Waals surface area contributed by atoms with Gasteiger partial charge < -0.3 is 10.1 Å². The van der Waals surface area contributed by atoms with Gasteiger partial charge in [-0.2, -0.15) is 5.10 Å². The lowest BCUT2D eigenvalue weighted by Gasteiger charge is -2.39. The van der Waals surface area contributed by atoms with Gasteiger partial charge in [0.25, 0.3) is 0 Å². The van der Waals surface area contributed by atoms with Crippen molar-refractivity contribution in [1.82, 2.24) is 20.0 Å². The van der Waals surface area contributed by atoms with Gasteiger partial charge in [0, 0.05) is 37.9 Å². The van der Waals surface area contributed by atoms with E-state index in [1.807, 2.05) is 17.9 Å². The summed E-state index contributed by atoms with van der Waals surface area (Å²) in [5.41, 5.74) is 1.22. The van der Waals surface area contributed by atoms with Gasteiger partial charge in [0.1, 0.15) is 0 Å². The van der Waals surface area contributed by atoms with Gasteiger partial charge in [0.05, 0.1) is 24.9 Å². The van der Waals surface area contributed by atoms with Crippen molar-refractivity contribution in [3.63, 3.8) is 0 Å². The maximum absolute atomic E-state index is 6.04. The molecule has 0 radical (unpaired) electrons. The molecule has 0 saturated carbocycles. The molecule has 0 aliphatic carbocycles. The Kier molecular flexibility index (Phi) is 5.57. The van der Waals surface area contributed by atoms with Crippen LogP contribution in [0.25, 0.3) is 0 Å². The number of ether oxygens (including phenoxy) is 1. The van der Waals surface area contributed by atoms with Crippen molar-refractivity contribution in [3.05, 3.63) is 18.0 Å². The van der Waals surface area contributed by atoms with Crippen molar-refractivity contribution in [2.24, 2.45) is 7.05 Å². The number of nitrogens with zero attached hydrogens (tertiary/aromatic N) is 3. The molecule has 1 saturated heterocycles. The first kappa shape index (κ1) is 15.5. The quantitative estimate of drug-likeness (QED) is 0.859. The van der Waals surface area contributed by atoms with Crippen LogP contribution in [0.5, 0.6) is 0 Å². The Labute approximate surface area is 122 Å². The van der Waals surface area contributed by atoms with Gasteiger partial charge in [-0.05, 0) is 26.8 Å². The van der Waals surface area contributed by atoms with Gasteiger partial charge >= 0.3 is 0 Å². The Morgan fingerprint density at radius 1 is 1.50 bits per heavy atom. The molecule has 20 heavy (non-hydrogen) atoms. The molecule has 1 N–H and O–H groups in total. The number of aryl methyl sites for hydroxylation is 1. The summed E-state index contributed by atoms with van der Waals surface area (Å²) >= 11 is 0. The molecule has 0 bridgehead atoms. The third-order valence-electron chi connectivity index (χ3n) is 3.93. The number of nitrogens with one attached hydrogen (secondary N) is 1. The van der Waals surface area contributed by atoms with Crippen LogP contribution in [-0.4, -0.2) is 53.1 Å². The van der Waals surface area contributed by atoms with E-state index in [9.17, 15) is 0 Å². The maximum Gasteiger partial charge on any atom is 0.0898 e. The highest BCUT2D eigenvalue weighted by Gasteiger charge is 2.30. The predicted molar refractivity (Wildman–Crippen MR) is 80.7 cm³/mol. The van der Waals surface area contributed by atoms with Gasteiger partial charge in [-0.25, -0.2) is 0 Å². The van der Waals surface area contributed by atoms with Crippen LogP contribution in [-0.2, 0) is 11.8 Å². The summed E-state index contributed by atoms with van der Waals surface area (Å²) in [5.74, 6) is 0. The number of aromatic nitrogens is 2. The first-order valence-corrected chi connectivity index (χ1v) is 7.69. The van der Waals surface area contributed by atoms with Crippen LogP contribution in [0.4, 0.5) is 0 Å². The number of hydrogen-bond acceptors (Lipinski definition) is 4. The average Bonchev–Trinajstić information content (AvgIpc) is 2.86. The second-order valence-corrected chi connectivity index (χ2v) is 5.88. The fraction of sp³-hybridized carbons (Fsp3) is 0.800. The standard InChI is InChI=1S/C15H28N4O/c1-5-6-16-15(13-9-17-18(4)10-13)14-11-19(12(2)3)7-8-20-14/h9-10,12,14-16H,5-8,11H2,1-4H3. The molecular weight excluding hydrogens is 252 g/mol. The normalized spacial score (nSPS) is 22.4. The summed E-state index contributed by atoms with van der Waals surface area (Å²) in [7, 11) is 1.96. The number of hydrogen-bond donors (Lipinski definition) is 1. The Morgan fingerprint density at radius 3 is 2.90 bits per heavy atom. The first-order valence-electron chi connectivity index (χ1n) is 7.69. The number of morpholine rings is 1. The summed E-state index contributed by atoms with van der Waals surface area (Å²) in [6.45, 7) is 10.5. The lowest BCUT2D eigenvalue weighted by molar-refractivity contribution is -0.0560. The molecule has 5 heteroatoms. The van der Waals surface area contributed by atoms with Crippen molar-refractivity contribution >= 4 is 0 Å². The smallest absolute Gasteiger partial charge is 0.0898 e. The van der Waals surface area contributed by atoms with Gasteiger partial charge in [-0.15, -0.1) is 0 Å². The Morgan fingerprint density at radius 2 is 2.30 bits per heavy atom. The zero-order chi connectivity index (χ0) is 14.5. The Balaban J connectivity index is 2.09. The molecular formula is C15H28N4O. The molecule has 1 aromatic heterocycles. The van der Waals surface area contributed by atoms with Crippen molar-refractivity contribution < 1.29 is 4.74 Å². The highest BCUT2D eigenvalue weighted by atomic mass is 16.5. The molecule has 114 valence electrons. The van der Waals surface area contributed by atoms with Crippen LogP contribution in [0.1, 0.15) is 38.8 Å². The molecule has 2 heterocycles. The van der Waals surface area contributed by atoms with E-state index < -0.39 is 0 Å². The Hall–Kier alpha value is -0.910. The molecule has 2 unspecified atom stereocenters. The van der Waals surface area contributed by atoms with Crippen molar-refractivity contribution in [3.8, 4) is 0 Å². The van der Waals surface area contributed by atoms with Gasteiger partial charge in [0.2, 0.25) is 0 Å². The van der Waals surface area contributed by atoms with Crippen molar-refractivity contribution in [2.75, 3.05) is 26.2 Å². The lowest BCUT2D eigenvalue weighted by atomic mass is 10.0. The SMILES string of the molecule is CCCNC(c1cnn(C)c1)C1CN(C(C)C)CCO1. The summed E-state index contributed by atoms with van der Waals surface area (Å²) in [5, 5.41) is 7.93. The van der Waals surface area contributed by atoms with Crippen LogP contribution in [0.3, 0.4) is 0 Å². The highest BCUT2D eigenvalue weighted by Crippen LogP contribution is 2.23. The largest absolute Gasteiger partial charge is 0.374 e. The summed E-state index contributed by atoms with van der Waals surface area (Å²) in [6.07, 6.45) is 5.36. The molecule has 2 rings (SSSR count). The van der Waals surface area contributed by atoms with E-state index >= 15 is 0 Å². The van der Waals surface area contributed by atoms with Gasteiger partial charge in [-0.3, -0.25) is 9.58 Å². The molecule has 1 aliphatic heterocycles. The van der Waals surface area contributed by atoms with E-state index in [0.717, 1.165) is 32.7 Å². The molecule has 5 nitrogen and oxygen atoms in total. The fourth-order valence-corrected chi connectivity index (χ4v) is 2.73. The fourth-order valence-electron chi connectivity index (χ4n) is 2.73. The predicted octanol–water partition coefficient (Wildman–Crippen LogP) is 1.57. The van der Waals surface area contributed by atoms with E-state index in [-0.39, 0.29) is 12.1 Å². The van der Waals surface area contributed by atoms with Crippen LogP contribution in [0.2, 0.25) is 0 Å². The third kappa shape index (κ3) is 3.81. The van der Waals surface area contributed by atoms with Crippen molar-refractivity contribution in [1.29, 1.82) is 0 Å². The molecule has 0 spiro atoms. The molecule has 1 aliphatic rings. The minimum atomic E-state index is 0.196. The molecule has 0 amide bonds. The van der Waals surface area contributed by atoms with Crippen LogP contribution in [0, 0.1) is 0 Å². The molecule has 2 atom stereocenters. The van der Waals surface area contributed by atoms with Gasteiger partial charge in [0.15, 0.2) is 0 Å². The maximum atomic E-state index is 6.04. The lowest BCUT2D eigenvalue weighted by Crippen LogP contribution is -2.50. The van der Waals surface area contributed by atoms with Crippen molar-refractivity contribution in [2.45, 2.75) is 45.4 Å². The summed E-state index contributed by atoms with van der Waals surface area (Å²) in [6, 6.07) is 0.798. The van der Waals surface area contributed by atoms with E-state index in [4.69, 9.17) is 4.74 Å². The zero-order valence-corrected chi connectivity index (χ0v) is 13.2. The van der Waals surface area contributed by atoms with Gasteiger partial charge in [-0.1, -0.05) is 6.92 Å². The van der Waals surface area contributed by atoms with E-state index in [1.54, 1.807) is 0 Å². The summed E-state index contributed by atoms with van der Waals surface area (Å²) < 4.78 is 7.90. The topological polar surface area (TPSA) is 42.3 Å².